The van der Waals surface area contributed by atoms with Crippen LogP contribution < -0.4 is 5.32 Å². The molecule has 3 rings (SSSR count). The number of hydrogen-bond donors (Lipinski definition) is 1. The molecule has 0 saturated heterocycles. The van der Waals surface area contributed by atoms with Crippen molar-refractivity contribution in [1.82, 2.24) is 14.8 Å². The molecule has 0 bridgehead atoms. The molecule has 5 nitrogen and oxygen atoms in total. The molecular weight excluding hydrogens is 317 g/mol. The zero-order chi connectivity index (χ0) is 16.2. The maximum Gasteiger partial charge on any atom is 0.145 e. The Kier molecular flexibility index (Phi) is 4.22. The van der Waals surface area contributed by atoms with Gasteiger partial charge in [-0.1, -0.05) is 11.6 Å². The molecule has 1 aromatic carbocycles. The van der Waals surface area contributed by atoms with Crippen LogP contribution in [-0.4, -0.2) is 14.8 Å². The first-order valence-corrected chi connectivity index (χ1v) is 7.13. The van der Waals surface area contributed by atoms with E-state index >= 15 is 0 Å². The summed E-state index contributed by atoms with van der Waals surface area (Å²) in [5, 5.41) is 16.6. The average Bonchev–Trinajstić information content (AvgIpc) is 3.03. The predicted molar refractivity (Wildman–Crippen MR) is 84.8 cm³/mol. The van der Waals surface area contributed by atoms with Crippen molar-refractivity contribution in [2.75, 3.05) is 5.32 Å². The lowest BCUT2D eigenvalue weighted by Gasteiger charge is -2.05. The third-order valence-electron chi connectivity index (χ3n) is 3.14. The number of hydrogen-bond acceptors (Lipinski definition) is 4. The smallest absolute Gasteiger partial charge is 0.145 e. The molecule has 0 spiro atoms. The van der Waals surface area contributed by atoms with Gasteiger partial charge in [0, 0.05) is 12.4 Å². The van der Waals surface area contributed by atoms with Crippen LogP contribution in [-0.2, 0) is 6.54 Å². The van der Waals surface area contributed by atoms with Gasteiger partial charge in [0.15, 0.2) is 0 Å². The normalized spacial score (nSPS) is 10.3. The zero-order valence-electron chi connectivity index (χ0n) is 11.9. The Balaban J connectivity index is 1.70. The van der Waals surface area contributed by atoms with Crippen LogP contribution in [0.2, 0.25) is 5.02 Å². The van der Waals surface area contributed by atoms with Crippen LogP contribution in [0, 0.1) is 17.1 Å². The van der Waals surface area contributed by atoms with Crippen molar-refractivity contribution in [3.8, 4) is 11.8 Å². The van der Waals surface area contributed by atoms with Crippen molar-refractivity contribution in [2.24, 2.45) is 0 Å². The van der Waals surface area contributed by atoms with E-state index in [2.05, 4.69) is 15.4 Å². The van der Waals surface area contributed by atoms with Gasteiger partial charge in [0.25, 0.3) is 0 Å². The lowest BCUT2D eigenvalue weighted by molar-refractivity contribution is 0.627. The summed E-state index contributed by atoms with van der Waals surface area (Å²) in [7, 11) is 0. The van der Waals surface area contributed by atoms with Crippen LogP contribution >= 0.6 is 11.6 Å². The SMILES string of the molecule is N#Cc1cnc(NCc2ccn(-c3ccc(F)cc3)n2)c(Cl)c1. The number of benzene rings is 1. The molecule has 114 valence electrons. The molecule has 0 aliphatic heterocycles. The molecule has 0 amide bonds. The van der Waals surface area contributed by atoms with Crippen LogP contribution in [0.5, 0.6) is 0 Å². The van der Waals surface area contributed by atoms with Gasteiger partial charge in [-0.05, 0) is 36.4 Å². The molecule has 0 aliphatic carbocycles. The summed E-state index contributed by atoms with van der Waals surface area (Å²) >= 11 is 6.05. The molecule has 3 aromatic rings. The van der Waals surface area contributed by atoms with Crippen molar-refractivity contribution < 1.29 is 4.39 Å². The maximum atomic E-state index is 12.9. The number of pyridine rings is 1. The standard InChI is InChI=1S/C16H11ClFN5/c17-15-7-11(8-19)9-20-16(15)21-10-13-5-6-23(22-13)14-3-1-12(18)2-4-14/h1-7,9H,10H2,(H,20,21). The highest BCUT2D eigenvalue weighted by Gasteiger charge is 2.06. The highest BCUT2D eigenvalue weighted by Crippen LogP contribution is 2.20. The monoisotopic (exact) mass is 327 g/mol. The van der Waals surface area contributed by atoms with E-state index in [1.54, 1.807) is 29.1 Å². The van der Waals surface area contributed by atoms with Crippen molar-refractivity contribution in [3.05, 3.63) is 70.9 Å². The Morgan fingerprint density at radius 2 is 2.04 bits per heavy atom. The summed E-state index contributed by atoms with van der Waals surface area (Å²) in [6.45, 7) is 0.423. The van der Waals surface area contributed by atoms with Gasteiger partial charge in [0.2, 0.25) is 0 Å². The van der Waals surface area contributed by atoms with E-state index in [0.717, 1.165) is 11.4 Å². The topological polar surface area (TPSA) is 66.5 Å². The molecule has 0 saturated carbocycles. The Morgan fingerprint density at radius 1 is 1.26 bits per heavy atom. The van der Waals surface area contributed by atoms with Crippen LogP contribution in [0.3, 0.4) is 0 Å². The minimum atomic E-state index is -0.288. The second kappa shape index (κ2) is 6.46. The third-order valence-corrected chi connectivity index (χ3v) is 3.43. The lowest BCUT2D eigenvalue weighted by atomic mass is 10.3. The first kappa shape index (κ1) is 15.0. The van der Waals surface area contributed by atoms with Gasteiger partial charge in [-0.2, -0.15) is 10.4 Å². The molecule has 0 radical (unpaired) electrons. The summed E-state index contributed by atoms with van der Waals surface area (Å²) in [6.07, 6.45) is 3.24. The minimum Gasteiger partial charge on any atom is -0.363 e. The molecule has 2 aromatic heterocycles. The Hall–Kier alpha value is -2.91. The largest absolute Gasteiger partial charge is 0.363 e. The zero-order valence-corrected chi connectivity index (χ0v) is 12.6. The summed E-state index contributed by atoms with van der Waals surface area (Å²) in [4.78, 5) is 4.10. The van der Waals surface area contributed by atoms with E-state index in [9.17, 15) is 4.39 Å². The van der Waals surface area contributed by atoms with Crippen LogP contribution in [0.1, 0.15) is 11.3 Å². The molecular formula is C16H11ClFN5. The van der Waals surface area contributed by atoms with Gasteiger partial charge >= 0.3 is 0 Å². The first-order valence-electron chi connectivity index (χ1n) is 6.76. The highest BCUT2D eigenvalue weighted by molar-refractivity contribution is 6.33. The van der Waals surface area contributed by atoms with Gasteiger partial charge in [0.1, 0.15) is 17.7 Å². The van der Waals surface area contributed by atoms with E-state index in [1.807, 2.05) is 12.1 Å². The third kappa shape index (κ3) is 3.47. The lowest BCUT2D eigenvalue weighted by Crippen LogP contribution is -2.04. The van der Waals surface area contributed by atoms with Crippen molar-refractivity contribution >= 4 is 17.4 Å². The molecule has 1 N–H and O–H groups in total. The van der Waals surface area contributed by atoms with Crippen molar-refractivity contribution in [1.29, 1.82) is 5.26 Å². The Morgan fingerprint density at radius 3 is 2.74 bits per heavy atom. The summed E-state index contributed by atoms with van der Waals surface area (Å²) < 4.78 is 14.6. The predicted octanol–water partition coefficient (Wildman–Crippen LogP) is 3.54. The number of halogens is 2. The quantitative estimate of drug-likeness (QED) is 0.796. The fourth-order valence-corrected chi connectivity index (χ4v) is 2.23. The molecule has 0 unspecified atom stereocenters. The van der Waals surface area contributed by atoms with Gasteiger partial charge in [-0.25, -0.2) is 14.1 Å². The molecule has 0 aliphatic rings. The van der Waals surface area contributed by atoms with E-state index < -0.39 is 0 Å². The Labute approximate surface area is 137 Å². The summed E-state index contributed by atoms with van der Waals surface area (Å²) in [5.41, 5.74) is 1.95. The number of aromatic nitrogens is 3. The van der Waals surface area contributed by atoms with E-state index in [4.69, 9.17) is 16.9 Å². The number of nitrogens with zero attached hydrogens (tertiary/aromatic N) is 4. The summed E-state index contributed by atoms with van der Waals surface area (Å²) in [5.74, 6) is 0.200. The van der Waals surface area contributed by atoms with Crippen LogP contribution in [0.25, 0.3) is 5.69 Å². The maximum absolute atomic E-state index is 12.9. The second-order valence-electron chi connectivity index (χ2n) is 4.75. The van der Waals surface area contributed by atoms with E-state index in [1.165, 1.54) is 18.3 Å². The fraction of sp³-hybridized carbons (Fsp3) is 0.0625. The molecule has 23 heavy (non-hydrogen) atoms. The molecule has 0 fully saturated rings. The van der Waals surface area contributed by atoms with Crippen molar-refractivity contribution in [3.63, 3.8) is 0 Å². The van der Waals surface area contributed by atoms with Gasteiger partial charge in [-0.15, -0.1) is 0 Å². The molecule has 7 heteroatoms. The number of rotatable bonds is 4. The first-order chi connectivity index (χ1) is 11.2. The van der Waals surface area contributed by atoms with Crippen molar-refractivity contribution in [2.45, 2.75) is 6.54 Å². The molecule has 2 heterocycles. The number of nitriles is 1. The fourth-order valence-electron chi connectivity index (χ4n) is 2.00. The van der Waals surface area contributed by atoms with E-state index in [0.29, 0.717) is 22.9 Å². The molecule has 0 atom stereocenters. The van der Waals surface area contributed by atoms with E-state index in [-0.39, 0.29) is 5.82 Å². The van der Waals surface area contributed by atoms with Gasteiger partial charge in [-0.3, -0.25) is 0 Å². The Bertz CT molecular complexity index is 867. The minimum absolute atomic E-state index is 0.288. The highest BCUT2D eigenvalue weighted by atomic mass is 35.5. The number of anilines is 1. The van der Waals surface area contributed by atoms with Gasteiger partial charge < -0.3 is 5.32 Å². The average molecular weight is 328 g/mol. The summed E-state index contributed by atoms with van der Waals surface area (Å²) in [6, 6.07) is 11.4. The number of nitrogens with one attached hydrogen (secondary N) is 1. The van der Waals surface area contributed by atoms with Crippen LogP contribution in [0.4, 0.5) is 10.2 Å². The van der Waals surface area contributed by atoms with Gasteiger partial charge in [0.05, 0.1) is 28.5 Å². The van der Waals surface area contributed by atoms with Crippen LogP contribution in [0.15, 0.2) is 48.8 Å². The second-order valence-corrected chi connectivity index (χ2v) is 5.16.